The number of nitrogens with one attached hydrogen (secondary N) is 2. The van der Waals surface area contributed by atoms with Crippen molar-refractivity contribution in [1.29, 1.82) is 0 Å². The highest BCUT2D eigenvalue weighted by Crippen LogP contribution is 2.26. The van der Waals surface area contributed by atoms with Crippen molar-refractivity contribution < 1.29 is 14.3 Å². The Morgan fingerprint density at radius 2 is 1.97 bits per heavy atom. The highest BCUT2D eigenvalue weighted by Gasteiger charge is 2.20. The maximum atomic E-state index is 13.1. The van der Waals surface area contributed by atoms with Crippen molar-refractivity contribution in [2.24, 2.45) is 0 Å². The summed E-state index contributed by atoms with van der Waals surface area (Å²) in [5.74, 6) is -0.389. The second-order valence-electron chi connectivity index (χ2n) is 7.29. The minimum atomic E-state index is -0.249. The van der Waals surface area contributed by atoms with Gasteiger partial charge in [-0.3, -0.25) is 14.6 Å². The molecule has 2 aromatic heterocycles. The Balaban J connectivity index is 1.59. The first-order valence-electron chi connectivity index (χ1n) is 10.4. The van der Waals surface area contributed by atoms with E-state index in [1.807, 2.05) is 37.3 Å². The Morgan fingerprint density at radius 3 is 2.73 bits per heavy atom. The highest BCUT2D eigenvalue weighted by atomic mass is 35.5. The van der Waals surface area contributed by atoms with Crippen LogP contribution >= 0.6 is 22.9 Å². The minimum Gasteiger partial charge on any atom is -0.383 e. The third kappa shape index (κ3) is 7.52. The normalized spacial score (nSPS) is 10.6. The number of hydrogen-bond donors (Lipinski definition) is 2. The van der Waals surface area contributed by atoms with E-state index in [1.54, 1.807) is 29.8 Å². The van der Waals surface area contributed by atoms with E-state index in [4.69, 9.17) is 16.3 Å². The van der Waals surface area contributed by atoms with Crippen molar-refractivity contribution in [1.82, 2.24) is 20.2 Å². The molecule has 0 spiro atoms. The molecule has 0 saturated carbocycles. The fourth-order valence-corrected chi connectivity index (χ4v) is 3.85. The van der Waals surface area contributed by atoms with Crippen molar-refractivity contribution in [3.63, 3.8) is 0 Å². The molecule has 0 aliphatic heterocycles. The smallest absolute Gasteiger partial charge is 0.273 e. The molecule has 2 heterocycles. The zero-order valence-electron chi connectivity index (χ0n) is 18.5. The average Bonchev–Trinajstić information content (AvgIpc) is 3.29. The van der Waals surface area contributed by atoms with Crippen LogP contribution in [0.5, 0.6) is 0 Å². The number of pyridine rings is 1. The monoisotopic (exact) mass is 487 g/mol. The van der Waals surface area contributed by atoms with E-state index in [9.17, 15) is 9.59 Å². The molecule has 0 unspecified atom stereocenters. The molecule has 0 bridgehead atoms. The van der Waals surface area contributed by atoms with Gasteiger partial charge >= 0.3 is 0 Å². The molecule has 2 N–H and O–H groups in total. The van der Waals surface area contributed by atoms with Crippen LogP contribution in [-0.2, 0) is 16.1 Å². The Kier molecular flexibility index (Phi) is 9.17. The van der Waals surface area contributed by atoms with Gasteiger partial charge in [-0.25, -0.2) is 4.98 Å². The summed E-state index contributed by atoms with van der Waals surface area (Å²) in [6.45, 7) is 3.36. The van der Waals surface area contributed by atoms with E-state index in [-0.39, 0.29) is 24.8 Å². The first-order chi connectivity index (χ1) is 16.0. The van der Waals surface area contributed by atoms with Crippen LogP contribution < -0.4 is 10.6 Å². The molecule has 0 radical (unpaired) electrons. The zero-order valence-corrected chi connectivity index (χ0v) is 20.1. The lowest BCUT2D eigenvalue weighted by Gasteiger charge is -2.21. The second-order valence-corrected chi connectivity index (χ2v) is 8.58. The summed E-state index contributed by atoms with van der Waals surface area (Å²) in [6, 6.07) is 9.23. The van der Waals surface area contributed by atoms with Gasteiger partial charge in [0.15, 0.2) is 5.13 Å². The van der Waals surface area contributed by atoms with Gasteiger partial charge in [0.1, 0.15) is 5.69 Å². The summed E-state index contributed by atoms with van der Waals surface area (Å²) in [6.07, 6.45) is 3.53. The lowest BCUT2D eigenvalue weighted by Crippen LogP contribution is -2.37. The van der Waals surface area contributed by atoms with Crippen LogP contribution in [0.3, 0.4) is 0 Å². The third-order valence-corrected chi connectivity index (χ3v) is 5.86. The number of benzene rings is 1. The number of aromatic nitrogens is 2. The Hall–Kier alpha value is -3.01. The maximum Gasteiger partial charge on any atom is 0.273 e. The molecule has 10 heteroatoms. The number of nitrogens with zero attached hydrogens (tertiary/aromatic N) is 3. The number of amides is 2. The number of halogens is 1. The molecule has 0 fully saturated rings. The molecule has 3 aromatic rings. The average molecular weight is 488 g/mol. The predicted molar refractivity (Wildman–Crippen MR) is 130 cm³/mol. The molecule has 33 heavy (non-hydrogen) atoms. The lowest BCUT2D eigenvalue weighted by atomic mass is 10.2. The van der Waals surface area contributed by atoms with Crippen LogP contribution in [0.4, 0.5) is 10.8 Å². The molecule has 0 atom stereocenters. The molecular formula is C23H26ClN5O3S. The summed E-state index contributed by atoms with van der Waals surface area (Å²) in [5, 5.41) is 8.98. The number of carbonyl (C=O) groups is 2. The van der Waals surface area contributed by atoms with Gasteiger partial charge in [-0.2, -0.15) is 0 Å². The van der Waals surface area contributed by atoms with Crippen LogP contribution in [0.1, 0.15) is 28.0 Å². The number of rotatable bonds is 11. The molecule has 1 aromatic carbocycles. The van der Waals surface area contributed by atoms with Crippen molar-refractivity contribution in [3.8, 4) is 0 Å². The Bertz CT molecular complexity index is 1080. The maximum absolute atomic E-state index is 13.1. The summed E-state index contributed by atoms with van der Waals surface area (Å²) in [5.41, 5.74) is 3.12. The van der Waals surface area contributed by atoms with E-state index in [1.165, 1.54) is 11.3 Å². The predicted octanol–water partition coefficient (Wildman–Crippen LogP) is 4.04. The summed E-state index contributed by atoms with van der Waals surface area (Å²) < 4.78 is 5.14. The number of methoxy groups -OCH3 is 1. The van der Waals surface area contributed by atoms with Crippen molar-refractivity contribution >= 4 is 45.6 Å². The van der Waals surface area contributed by atoms with E-state index < -0.39 is 0 Å². The Morgan fingerprint density at radius 1 is 1.18 bits per heavy atom. The molecule has 0 aliphatic carbocycles. The number of aryl methyl sites for hydroxylation is 1. The highest BCUT2D eigenvalue weighted by molar-refractivity contribution is 7.14. The minimum absolute atomic E-state index is 0.140. The van der Waals surface area contributed by atoms with E-state index >= 15 is 0 Å². The Labute approximate surface area is 202 Å². The first kappa shape index (κ1) is 24.6. The third-order valence-electron chi connectivity index (χ3n) is 4.86. The number of ether oxygens (including phenoxy) is 1. The van der Waals surface area contributed by atoms with Gasteiger partial charge in [-0.1, -0.05) is 17.7 Å². The van der Waals surface area contributed by atoms with Gasteiger partial charge in [0.25, 0.3) is 5.91 Å². The van der Waals surface area contributed by atoms with Crippen LogP contribution in [0.2, 0.25) is 5.02 Å². The number of anilines is 2. The van der Waals surface area contributed by atoms with Crippen LogP contribution in [0, 0.1) is 6.92 Å². The van der Waals surface area contributed by atoms with Gasteiger partial charge in [0.05, 0.1) is 6.61 Å². The van der Waals surface area contributed by atoms with Gasteiger partial charge in [0, 0.05) is 61.6 Å². The van der Waals surface area contributed by atoms with Crippen molar-refractivity contribution in [2.75, 3.05) is 32.1 Å². The quantitative estimate of drug-likeness (QED) is 0.423. The largest absolute Gasteiger partial charge is 0.383 e. The van der Waals surface area contributed by atoms with E-state index in [2.05, 4.69) is 20.6 Å². The summed E-state index contributed by atoms with van der Waals surface area (Å²) in [7, 11) is 1.57. The number of thiazole rings is 1. The van der Waals surface area contributed by atoms with E-state index in [0.717, 1.165) is 16.8 Å². The van der Waals surface area contributed by atoms with Crippen molar-refractivity contribution in [2.45, 2.75) is 19.9 Å². The molecule has 0 aliphatic rings. The summed E-state index contributed by atoms with van der Waals surface area (Å²) in [4.78, 5) is 35.3. The van der Waals surface area contributed by atoms with Crippen molar-refractivity contribution in [3.05, 3.63) is 69.9 Å². The number of hydrogen-bond acceptors (Lipinski definition) is 7. The molecule has 0 saturated heterocycles. The molecule has 174 valence electrons. The second kappa shape index (κ2) is 12.3. The molecule has 3 rings (SSSR count). The SMILES string of the molecule is COCCN(CCC(=O)NCc1ccncc1)C(=O)c1csc(Nc2cc(Cl)ccc2C)n1. The first-order valence-corrected chi connectivity index (χ1v) is 11.6. The van der Waals surface area contributed by atoms with Gasteiger partial charge in [0.2, 0.25) is 5.91 Å². The summed E-state index contributed by atoms with van der Waals surface area (Å²) >= 11 is 7.41. The molecular weight excluding hydrogens is 462 g/mol. The molecule has 8 nitrogen and oxygen atoms in total. The molecule has 2 amide bonds. The fraction of sp³-hybridized carbons (Fsp3) is 0.304. The number of carbonyl (C=O) groups excluding carboxylic acids is 2. The van der Waals surface area contributed by atoms with E-state index in [0.29, 0.717) is 35.5 Å². The van der Waals surface area contributed by atoms with Crippen LogP contribution in [-0.4, -0.2) is 53.5 Å². The van der Waals surface area contributed by atoms with Crippen LogP contribution in [0.25, 0.3) is 0 Å². The standard InChI is InChI=1S/C23H26ClN5O3S/c1-16-3-4-18(24)13-19(16)27-23-28-20(15-33-23)22(31)29(11-12-32-2)10-7-21(30)26-14-17-5-8-25-9-6-17/h3-6,8-9,13,15H,7,10-12,14H2,1-2H3,(H,26,30)(H,27,28). The zero-order chi connectivity index (χ0) is 23.6. The topological polar surface area (TPSA) is 96.5 Å². The fourth-order valence-electron chi connectivity index (χ4n) is 2.98. The van der Waals surface area contributed by atoms with Gasteiger partial charge in [-0.05, 0) is 42.3 Å². The van der Waals surface area contributed by atoms with Gasteiger partial charge in [-0.15, -0.1) is 11.3 Å². The lowest BCUT2D eigenvalue weighted by molar-refractivity contribution is -0.121. The van der Waals surface area contributed by atoms with Crippen LogP contribution in [0.15, 0.2) is 48.1 Å². The van der Waals surface area contributed by atoms with Gasteiger partial charge < -0.3 is 20.3 Å².